The third kappa shape index (κ3) is 4.45. The number of amides is 1. The first kappa shape index (κ1) is 18.9. The molecule has 1 amide bonds. The van der Waals surface area contributed by atoms with Crippen LogP contribution in [-0.4, -0.2) is 44.2 Å². The van der Waals surface area contributed by atoms with Crippen LogP contribution in [0.4, 0.5) is 0 Å². The van der Waals surface area contributed by atoms with Crippen molar-refractivity contribution in [3.63, 3.8) is 0 Å². The predicted octanol–water partition coefficient (Wildman–Crippen LogP) is 2.47. The molecule has 0 unspecified atom stereocenters. The van der Waals surface area contributed by atoms with Crippen molar-refractivity contribution in [3.05, 3.63) is 35.9 Å². The van der Waals surface area contributed by atoms with Gasteiger partial charge >= 0.3 is 0 Å². The summed E-state index contributed by atoms with van der Waals surface area (Å²) in [6, 6.07) is 10.2. The molecule has 1 aromatic carbocycles. The fraction of sp³-hybridized carbons (Fsp3) is 0.588. The van der Waals surface area contributed by atoms with Crippen LogP contribution in [0, 0.1) is 5.41 Å². The molecule has 0 spiro atoms. The average Bonchev–Trinajstić information content (AvgIpc) is 2.54. The van der Waals surface area contributed by atoms with E-state index in [-0.39, 0.29) is 23.7 Å². The Labute approximate surface area is 139 Å². The predicted molar refractivity (Wildman–Crippen MR) is 91.2 cm³/mol. The summed E-state index contributed by atoms with van der Waals surface area (Å²) in [4.78, 5) is 15.0. The Bertz CT molecular complexity index is 442. The van der Waals surface area contributed by atoms with Gasteiger partial charge < -0.3 is 15.0 Å². The molecule has 0 radical (unpaired) electrons. The lowest BCUT2D eigenvalue weighted by Crippen LogP contribution is -2.51. The summed E-state index contributed by atoms with van der Waals surface area (Å²) >= 11 is 0. The minimum Gasteiger partial charge on any atom is -0.384 e. The molecule has 0 saturated carbocycles. The van der Waals surface area contributed by atoms with Crippen LogP contribution in [0.15, 0.2) is 30.3 Å². The summed E-state index contributed by atoms with van der Waals surface area (Å²) in [7, 11) is 1.69. The summed E-state index contributed by atoms with van der Waals surface area (Å²) in [6.07, 6.45) is 1.70. The normalized spacial score (nSPS) is 16.6. The van der Waals surface area contributed by atoms with E-state index in [4.69, 9.17) is 4.74 Å². The molecule has 1 fully saturated rings. The highest BCUT2D eigenvalue weighted by molar-refractivity contribution is 5.85. The molecule has 22 heavy (non-hydrogen) atoms. The van der Waals surface area contributed by atoms with Gasteiger partial charge in [0, 0.05) is 20.2 Å². The maximum atomic E-state index is 13.1. The zero-order valence-corrected chi connectivity index (χ0v) is 14.3. The average molecular weight is 327 g/mol. The lowest BCUT2D eigenvalue weighted by Gasteiger charge is -2.39. The standard InChI is InChI=1S/C17H26N2O2.ClH/c1-3-19(13-15-7-5-4-6-8-15)16(20)17(14-21-2)9-11-18-12-10-17;/h4-8,18H,3,9-14H2,1-2H3;1H. The Morgan fingerprint density at radius 1 is 1.27 bits per heavy atom. The van der Waals surface area contributed by atoms with Gasteiger partial charge in [-0.3, -0.25) is 4.79 Å². The molecular formula is C17H27ClN2O2. The molecule has 1 saturated heterocycles. The van der Waals surface area contributed by atoms with E-state index >= 15 is 0 Å². The van der Waals surface area contributed by atoms with Crippen LogP contribution in [0.2, 0.25) is 0 Å². The number of rotatable bonds is 6. The number of methoxy groups -OCH3 is 1. The molecule has 124 valence electrons. The van der Waals surface area contributed by atoms with Crippen LogP contribution in [0.1, 0.15) is 25.3 Å². The van der Waals surface area contributed by atoms with E-state index in [9.17, 15) is 4.79 Å². The van der Waals surface area contributed by atoms with E-state index < -0.39 is 0 Å². The van der Waals surface area contributed by atoms with Crippen molar-refractivity contribution in [1.29, 1.82) is 0 Å². The number of nitrogens with zero attached hydrogens (tertiary/aromatic N) is 1. The fourth-order valence-corrected chi connectivity index (χ4v) is 3.07. The van der Waals surface area contributed by atoms with E-state index in [2.05, 4.69) is 17.4 Å². The first-order valence-corrected chi connectivity index (χ1v) is 7.75. The van der Waals surface area contributed by atoms with Gasteiger partial charge in [-0.25, -0.2) is 0 Å². The highest BCUT2D eigenvalue weighted by Crippen LogP contribution is 2.32. The summed E-state index contributed by atoms with van der Waals surface area (Å²) in [5, 5.41) is 3.33. The molecule has 1 aliphatic heterocycles. The second-order valence-electron chi connectivity index (χ2n) is 5.77. The number of carbonyl (C=O) groups is 1. The van der Waals surface area contributed by atoms with Gasteiger partial charge in [-0.15, -0.1) is 12.4 Å². The van der Waals surface area contributed by atoms with Crippen LogP contribution >= 0.6 is 12.4 Å². The lowest BCUT2D eigenvalue weighted by atomic mass is 9.78. The first-order valence-electron chi connectivity index (χ1n) is 7.75. The van der Waals surface area contributed by atoms with E-state index in [1.165, 1.54) is 5.56 Å². The van der Waals surface area contributed by atoms with Gasteiger partial charge in [0.05, 0.1) is 12.0 Å². The number of hydrogen-bond donors (Lipinski definition) is 1. The van der Waals surface area contributed by atoms with Crippen LogP contribution < -0.4 is 5.32 Å². The maximum Gasteiger partial charge on any atom is 0.231 e. The van der Waals surface area contributed by atoms with Gasteiger partial charge in [-0.2, -0.15) is 0 Å². The van der Waals surface area contributed by atoms with Gasteiger partial charge in [0.25, 0.3) is 0 Å². The van der Waals surface area contributed by atoms with Gasteiger partial charge in [0.2, 0.25) is 5.91 Å². The molecule has 2 rings (SSSR count). The van der Waals surface area contributed by atoms with Gasteiger partial charge in [-0.1, -0.05) is 30.3 Å². The van der Waals surface area contributed by atoms with Crippen molar-refractivity contribution in [2.24, 2.45) is 5.41 Å². The number of carbonyl (C=O) groups excluding carboxylic acids is 1. The summed E-state index contributed by atoms with van der Waals surface area (Å²) in [5.41, 5.74) is 0.819. The molecule has 1 aromatic rings. The fourth-order valence-electron chi connectivity index (χ4n) is 3.07. The monoisotopic (exact) mass is 326 g/mol. The summed E-state index contributed by atoms with van der Waals surface area (Å²) in [5.74, 6) is 0.234. The summed E-state index contributed by atoms with van der Waals surface area (Å²) < 4.78 is 5.38. The molecule has 0 bridgehead atoms. The quantitative estimate of drug-likeness (QED) is 0.873. The van der Waals surface area contributed by atoms with Crippen molar-refractivity contribution in [2.45, 2.75) is 26.3 Å². The Morgan fingerprint density at radius 2 is 1.91 bits per heavy atom. The smallest absolute Gasteiger partial charge is 0.231 e. The van der Waals surface area contributed by atoms with E-state index in [1.807, 2.05) is 30.0 Å². The maximum absolute atomic E-state index is 13.1. The number of hydrogen-bond acceptors (Lipinski definition) is 3. The minimum absolute atomic E-state index is 0. The van der Waals surface area contributed by atoms with Crippen LogP contribution in [-0.2, 0) is 16.1 Å². The van der Waals surface area contributed by atoms with Crippen molar-refractivity contribution < 1.29 is 9.53 Å². The molecule has 5 heteroatoms. The number of nitrogens with one attached hydrogen (secondary N) is 1. The van der Waals surface area contributed by atoms with Gasteiger partial charge in [0.15, 0.2) is 0 Å². The Kier molecular flexibility index (Phi) is 7.87. The molecule has 0 aromatic heterocycles. The zero-order chi connectivity index (χ0) is 15.1. The third-order valence-corrected chi connectivity index (χ3v) is 4.32. The Balaban J connectivity index is 0.00000242. The van der Waals surface area contributed by atoms with Gasteiger partial charge in [0.1, 0.15) is 0 Å². The van der Waals surface area contributed by atoms with Crippen molar-refractivity contribution in [2.75, 3.05) is 33.4 Å². The van der Waals surface area contributed by atoms with E-state index in [1.54, 1.807) is 7.11 Å². The summed E-state index contributed by atoms with van der Waals surface area (Å²) in [6.45, 7) is 5.74. The molecule has 0 aliphatic carbocycles. The number of ether oxygens (including phenoxy) is 1. The Morgan fingerprint density at radius 3 is 2.45 bits per heavy atom. The zero-order valence-electron chi connectivity index (χ0n) is 13.5. The van der Waals surface area contributed by atoms with E-state index in [0.717, 1.165) is 32.5 Å². The van der Waals surface area contributed by atoms with Crippen molar-refractivity contribution in [1.82, 2.24) is 10.2 Å². The van der Waals surface area contributed by atoms with Crippen LogP contribution in [0.3, 0.4) is 0 Å². The molecule has 1 heterocycles. The van der Waals surface area contributed by atoms with Crippen molar-refractivity contribution in [3.8, 4) is 0 Å². The van der Waals surface area contributed by atoms with Crippen LogP contribution in [0.25, 0.3) is 0 Å². The molecule has 0 atom stereocenters. The Hall–Kier alpha value is -1.10. The highest BCUT2D eigenvalue weighted by Gasteiger charge is 2.41. The highest BCUT2D eigenvalue weighted by atomic mass is 35.5. The third-order valence-electron chi connectivity index (χ3n) is 4.32. The molecule has 1 N–H and O–H groups in total. The first-order chi connectivity index (χ1) is 10.2. The number of halogens is 1. The van der Waals surface area contributed by atoms with E-state index in [0.29, 0.717) is 13.2 Å². The molecule has 1 aliphatic rings. The minimum atomic E-state index is -0.356. The topological polar surface area (TPSA) is 41.6 Å². The lowest BCUT2D eigenvalue weighted by molar-refractivity contribution is -0.148. The molecule has 4 nitrogen and oxygen atoms in total. The largest absolute Gasteiger partial charge is 0.384 e. The van der Waals surface area contributed by atoms with Gasteiger partial charge in [-0.05, 0) is 38.4 Å². The van der Waals surface area contributed by atoms with Crippen molar-refractivity contribution >= 4 is 18.3 Å². The second-order valence-corrected chi connectivity index (χ2v) is 5.77. The number of benzene rings is 1. The second kappa shape index (κ2) is 9.13. The molecular weight excluding hydrogens is 300 g/mol. The number of piperidine rings is 1. The van der Waals surface area contributed by atoms with Crippen LogP contribution in [0.5, 0.6) is 0 Å². The SMILES string of the molecule is CCN(Cc1ccccc1)C(=O)C1(COC)CCNCC1.Cl.